The third-order valence-corrected chi connectivity index (χ3v) is 5.76. The van der Waals surface area contributed by atoms with Crippen molar-refractivity contribution in [3.63, 3.8) is 0 Å². The van der Waals surface area contributed by atoms with Crippen molar-refractivity contribution in [1.29, 1.82) is 0 Å². The van der Waals surface area contributed by atoms with Gasteiger partial charge in [0.2, 0.25) is 5.91 Å². The van der Waals surface area contributed by atoms with Crippen molar-refractivity contribution in [1.82, 2.24) is 9.80 Å². The molecule has 0 spiro atoms. The number of carbonyl (C=O) groups is 3. The number of esters is 1. The largest absolute Gasteiger partial charge is 0.457 e. The number of fused-ring (bicyclic) bond motifs is 1. The van der Waals surface area contributed by atoms with Crippen LogP contribution in [0.1, 0.15) is 32.6 Å². The maximum atomic E-state index is 12.7. The van der Waals surface area contributed by atoms with E-state index >= 15 is 0 Å². The highest BCUT2D eigenvalue weighted by atomic mass is 16.6. The second kappa shape index (κ2) is 8.82. The first-order chi connectivity index (χ1) is 13.9. The predicted molar refractivity (Wildman–Crippen MR) is 104 cm³/mol. The molecule has 0 unspecified atom stereocenters. The predicted octanol–water partition coefficient (Wildman–Crippen LogP) is 1.76. The van der Waals surface area contributed by atoms with Gasteiger partial charge in [-0.2, -0.15) is 0 Å². The molecule has 3 rings (SSSR count). The van der Waals surface area contributed by atoms with Gasteiger partial charge in [-0.25, -0.2) is 9.59 Å². The first kappa shape index (κ1) is 21.1. The van der Waals surface area contributed by atoms with Gasteiger partial charge in [0.15, 0.2) is 0 Å². The fraction of sp³-hybridized carbons (Fsp3) is 0.571. The van der Waals surface area contributed by atoms with Crippen molar-refractivity contribution in [3.8, 4) is 0 Å². The minimum absolute atomic E-state index is 0.0472. The van der Waals surface area contributed by atoms with Crippen molar-refractivity contribution in [2.24, 2.45) is 5.92 Å². The maximum Gasteiger partial charge on any atom is 0.410 e. The van der Waals surface area contributed by atoms with E-state index in [-0.39, 0.29) is 36.9 Å². The Morgan fingerprint density at radius 3 is 2.62 bits per heavy atom. The SMILES string of the molecule is C=CCOC(=O)C1=C(C[C@@H]2CCCN2C(=O)OCC=C)C[C@@H]2[C@@H]([C@@H](C)O)C(=O)N12. The van der Waals surface area contributed by atoms with Gasteiger partial charge in [-0.1, -0.05) is 25.3 Å². The van der Waals surface area contributed by atoms with E-state index in [4.69, 9.17) is 9.47 Å². The van der Waals surface area contributed by atoms with Gasteiger partial charge in [0.05, 0.1) is 18.1 Å². The minimum atomic E-state index is -0.787. The molecule has 29 heavy (non-hydrogen) atoms. The number of nitrogens with zero attached hydrogens (tertiary/aromatic N) is 2. The van der Waals surface area contributed by atoms with Crippen LogP contribution in [0.25, 0.3) is 0 Å². The third-order valence-electron chi connectivity index (χ3n) is 5.76. The molecule has 8 heteroatoms. The minimum Gasteiger partial charge on any atom is -0.457 e. The molecule has 4 atom stereocenters. The summed E-state index contributed by atoms with van der Waals surface area (Å²) in [5, 5.41) is 9.95. The summed E-state index contributed by atoms with van der Waals surface area (Å²) in [7, 11) is 0. The molecule has 3 aliphatic heterocycles. The highest BCUT2D eigenvalue weighted by Crippen LogP contribution is 2.46. The molecule has 3 aliphatic rings. The summed E-state index contributed by atoms with van der Waals surface area (Å²) < 4.78 is 10.4. The van der Waals surface area contributed by atoms with Gasteiger partial charge in [-0.3, -0.25) is 4.79 Å². The van der Waals surface area contributed by atoms with Gasteiger partial charge in [0.1, 0.15) is 18.9 Å². The molecule has 3 heterocycles. The molecule has 2 amide bonds. The fourth-order valence-corrected chi connectivity index (χ4v) is 4.52. The summed E-state index contributed by atoms with van der Waals surface area (Å²) in [6.07, 6.45) is 4.40. The fourth-order valence-electron chi connectivity index (χ4n) is 4.52. The normalized spacial score (nSPS) is 26.7. The van der Waals surface area contributed by atoms with E-state index in [1.807, 2.05) is 0 Å². The number of likely N-dealkylation sites (tertiary alicyclic amines) is 1. The highest BCUT2D eigenvalue weighted by Gasteiger charge is 2.57. The number of aliphatic hydroxyl groups is 1. The van der Waals surface area contributed by atoms with Crippen LogP contribution in [0.5, 0.6) is 0 Å². The Morgan fingerprint density at radius 1 is 1.28 bits per heavy atom. The molecule has 0 aromatic carbocycles. The van der Waals surface area contributed by atoms with E-state index in [1.165, 1.54) is 17.1 Å². The number of amides is 2. The topological polar surface area (TPSA) is 96.4 Å². The molecule has 158 valence electrons. The van der Waals surface area contributed by atoms with Crippen LogP contribution >= 0.6 is 0 Å². The quantitative estimate of drug-likeness (QED) is 0.376. The molecule has 2 fully saturated rings. The highest BCUT2D eigenvalue weighted by molar-refractivity contribution is 6.00. The first-order valence-corrected chi connectivity index (χ1v) is 9.96. The van der Waals surface area contributed by atoms with Gasteiger partial charge in [-0.05, 0) is 38.2 Å². The van der Waals surface area contributed by atoms with E-state index < -0.39 is 24.1 Å². The molecule has 0 aromatic rings. The van der Waals surface area contributed by atoms with Gasteiger partial charge in [0, 0.05) is 12.6 Å². The number of hydrogen-bond donors (Lipinski definition) is 1. The van der Waals surface area contributed by atoms with E-state index in [2.05, 4.69) is 13.2 Å². The Labute approximate surface area is 170 Å². The summed E-state index contributed by atoms with van der Waals surface area (Å²) in [5.74, 6) is -1.36. The first-order valence-electron chi connectivity index (χ1n) is 9.96. The van der Waals surface area contributed by atoms with Crippen LogP contribution in [0.3, 0.4) is 0 Å². The average molecular weight is 404 g/mol. The second-order valence-electron chi connectivity index (χ2n) is 7.64. The molecular formula is C21H28N2O6. The lowest BCUT2D eigenvalue weighted by Gasteiger charge is -2.44. The van der Waals surface area contributed by atoms with Gasteiger partial charge >= 0.3 is 12.1 Å². The lowest BCUT2D eigenvalue weighted by molar-refractivity contribution is -0.162. The third kappa shape index (κ3) is 3.94. The Balaban J connectivity index is 1.80. The van der Waals surface area contributed by atoms with Crippen LogP contribution in [0.4, 0.5) is 4.79 Å². The summed E-state index contributed by atoms with van der Waals surface area (Å²) in [4.78, 5) is 40.7. The molecule has 1 N–H and O–H groups in total. The van der Waals surface area contributed by atoms with Crippen molar-refractivity contribution in [2.75, 3.05) is 19.8 Å². The number of β-lactam (4-membered cyclic amide) rings is 1. The number of ether oxygens (including phenoxy) is 2. The molecule has 2 saturated heterocycles. The van der Waals surface area contributed by atoms with Crippen molar-refractivity contribution in [2.45, 2.75) is 50.8 Å². The van der Waals surface area contributed by atoms with Gasteiger partial charge < -0.3 is 24.4 Å². The van der Waals surface area contributed by atoms with E-state index in [1.54, 1.807) is 11.8 Å². The summed E-state index contributed by atoms with van der Waals surface area (Å²) in [6.45, 7) is 9.45. The standard InChI is InChI=1S/C21H28N2O6/c1-4-9-28-20(26)18-14(12-16-17(13(3)24)19(25)23(16)18)11-15-7-6-8-22(15)21(27)29-10-5-2/h4-5,13,15-17,24H,1-2,6-12H2,3H3/t13-,15+,16-,17-/m1/s1. The van der Waals surface area contributed by atoms with Crippen molar-refractivity contribution < 1.29 is 29.0 Å². The van der Waals surface area contributed by atoms with E-state index in [0.717, 1.165) is 18.4 Å². The van der Waals surface area contributed by atoms with Crippen LogP contribution in [-0.2, 0) is 19.1 Å². The molecule has 0 radical (unpaired) electrons. The van der Waals surface area contributed by atoms with E-state index in [9.17, 15) is 19.5 Å². The average Bonchev–Trinajstić information content (AvgIpc) is 3.26. The second-order valence-corrected chi connectivity index (χ2v) is 7.64. The zero-order valence-electron chi connectivity index (χ0n) is 16.7. The van der Waals surface area contributed by atoms with Gasteiger partial charge in [-0.15, -0.1) is 0 Å². The number of carbonyl (C=O) groups excluding carboxylic acids is 3. The number of rotatable bonds is 8. The lowest BCUT2D eigenvalue weighted by atomic mass is 9.82. The molecule has 0 aromatic heterocycles. The smallest absolute Gasteiger partial charge is 0.410 e. The molecule has 0 saturated carbocycles. The Kier molecular flexibility index (Phi) is 6.42. The summed E-state index contributed by atoms with van der Waals surface area (Å²) in [6, 6.07) is -0.352. The maximum absolute atomic E-state index is 12.7. The number of aliphatic hydroxyl groups excluding tert-OH is 1. The lowest BCUT2D eigenvalue weighted by Crippen LogP contribution is -2.61. The van der Waals surface area contributed by atoms with Crippen LogP contribution in [0, 0.1) is 5.92 Å². The molecule has 0 bridgehead atoms. The zero-order chi connectivity index (χ0) is 21.1. The Hall–Kier alpha value is -2.61. The van der Waals surface area contributed by atoms with E-state index in [0.29, 0.717) is 19.4 Å². The van der Waals surface area contributed by atoms with Crippen LogP contribution < -0.4 is 0 Å². The zero-order valence-corrected chi connectivity index (χ0v) is 16.7. The monoisotopic (exact) mass is 404 g/mol. The molecule has 8 nitrogen and oxygen atoms in total. The van der Waals surface area contributed by atoms with Crippen LogP contribution in [0.15, 0.2) is 36.6 Å². The van der Waals surface area contributed by atoms with Gasteiger partial charge in [0.25, 0.3) is 0 Å². The Morgan fingerprint density at radius 2 is 1.97 bits per heavy atom. The van der Waals surface area contributed by atoms with Crippen molar-refractivity contribution >= 4 is 18.0 Å². The molecular weight excluding hydrogens is 376 g/mol. The van der Waals surface area contributed by atoms with Crippen LogP contribution in [0.2, 0.25) is 0 Å². The Bertz CT molecular complexity index is 743. The molecule has 0 aliphatic carbocycles. The number of hydrogen-bond acceptors (Lipinski definition) is 6. The van der Waals surface area contributed by atoms with Crippen LogP contribution in [-0.4, -0.2) is 70.8 Å². The van der Waals surface area contributed by atoms with Crippen molar-refractivity contribution in [3.05, 3.63) is 36.6 Å². The summed E-state index contributed by atoms with van der Waals surface area (Å²) in [5.41, 5.74) is 1.04. The summed E-state index contributed by atoms with van der Waals surface area (Å²) >= 11 is 0.